The van der Waals surface area contributed by atoms with Crippen LogP contribution in [0.4, 0.5) is 0 Å². The minimum Gasteiger partial charge on any atom is -0.497 e. The Bertz CT molecular complexity index is 652. The fraction of sp³-hybridized carbons (Fsp3) is 0.400. The van der Waals surface area contributed by atoms with Gasteiger partial charge >= 0.3 is 0 Å². The molecule has 122 valence electrons. The van der Waals surface area contributed by atoms with E-state index in [-0.39, 0.29) is 11.6 Å². The molecule has 0 bridgehead atoms. The molecular weight excluding hydrogens is 302 g/mol. The van der Waals surface area contributed by atoms with E-state index in [0.29, 0.717) is 0 Å². The molecule has 23 heavy (non-hydrogen) atoms. The van der Waals surface area contributed by atoms with E-state index in [4.69, 9.17) is 4.74 Å². The van der Waals surface area contributed by atoms with E-state index in [9.17, 15) is 0 Å². The van der Waals surface area contributed by atoms with E-state index >= 15 is 0 Å². The molecule has 0 aliphatic carbocycles. The summed E-state index contributed by atoms with van der Waals surface area (Å²) in [5.41, 5.74) is 2.84. The fourth-order valence-electron chi connectivity index (χ4n) is 3.21. The maximum absolute atomic E-state index is 5.43. The molecule has 0 amide bonds. The summed E-state index contributed by atoms with van der Waals surface area (Å²) >= 11 is 1.95. The summed E-state index contributed by atoms with van der Waals surface area (Å²) in [5.74, 6) is 2.02. The van der Waals surface area contributed by atoms with E-state index in [2.05, 4.69) is 67.7 Å². The van der Waals surface area contributed by atoms with Crippen LogP contribution in [0, 0.1) is 0 Å². The van der Waals surface area contributed by atoms with E-state index in [1.54, 1.807) is 7.11 Å². The van der Waals surface area contributed by atoms with Gasteiger partial charge in [-0.15, -0.1) is 11.8 Å². The van der Waals surface area contributed by atoms with Gasteiger partial charge in [-0.2, -0.15) is 0 Å². The zero-order valence-corrected chi connectivity index (χ0v) is 15.0. The van der Waals surface area contributed by atoms with Gasteiger partial charge in [0.2, 0.25) is 0 Å². The normalized spacial score (nSPS) is 19.7. The topological polar surface area (TPSA) is 21.3 Å². The highest BCUT2D eigenvalue weighted by Gasteiger charge is 2.34. The minimum absolute atomic E-state index is 0.164. The van der Waals surface area contributed by atoms with Crippen LogP contribution in [0.15, 0.2) is 53.4 Å². The molecule has 1 aliphatic rings. The van der Waals surface area contributed by atoms with Gasteiger partial charge in [0, 0.05) is 16.2 Å². The van der Waals surface area contributed by atoms with Crippen molar-refractivity contribution in [1.82, 2.24) is 5.32 Å². The van der Waals surface area contributed by atoms with Gasteiger partial charge in [-0.1, -0.05) is 50.2 Å². The number of benzene rings is 2. The second-order valence-corrected chi connectivity index (χ2v) is 7.19. The number of nitrogens with one attached hydrogen (secondary N) is 1. The van der Waals surface area contributed by atoms with Crippen LogP contribution in [0.3, 0.4) is 0 Å². The summed E-state index contributed by atoms with van der Waals surface area (Å²) in [4.78, 5) is 1.33. The molecule has 0 aromatic heterocycles. The van der Waals surface area contributed by atoms with Gasteiger partial charge in [0.15, 0.2) is 0 Å². The van der Waals surface area contributed by atoms with Gasteiger partial charge in [-0.25, -0.2) is 0 Å². The van der Waals surface area contributed by atoms with Crippen LogP contribution in [0.2, 0.25) is 0 Å². The Kier molecular flexibility index (Phi) is 4.98. The molecule has 2 aromatic rings. The molecule has 0 radical (unpaired) electrons. The van der Waals surface area contributed by atoms with Crippen LogP contribution >= 0.6 is 11.8 Å². The van der Waals surface area contributed by atoms with Crippen molar-refractivity contribution in [1.29, 1.82) is 0 Å². The van der Waals surface area contributed by atoms with Gasteiger partial charge in [-0.05, 0) is 36.1 Å². The second kappa shape index (κ2) is 6.98. The standard InChI is InChI=1S/C20H25NOS/c1-4-20(5-2)14-23-18-13-16(22-3)11-12-17(18)19(21-20)15-9-7-6-8-10-15/h6-13,19,21H,4-5,14H2,1-3H3. The van der Waals surface area contributed by atoms with E-state index in [1.807, 2.05) is 11.8 Å². The zero-order chi connectivity index (χ0) is 16.3. The largest absolute Gasteiger partial charge is 0.497 e. The molecule has 0 spiro atoms. The molecule has 1 N–H and O–H groups in total. The van der Waals surface area contributed by atoms with Crippen molar-refractivity contribution in [2.75, 3.05) is 12.9 Å². The predicted octanol–water partition coefficient (Wildman–Crippen LogP) is 5.04. The number of rotatable bonds is 4. The Hall–Kier alpha value is -1.45. The van der Waals surface area contributed by atoms with E-state index in [0.717, 1.165) is 24.3 Å². The first-order chi connectivity index (χ1) is 11.2. The molecule has 2 aromatic carbocycles. The number of fused-ring (bicyclic) bond motifs is 1. The first-order valence-corrected chi connectivity index (χ1v) is 9.33. The smallest absolute Gasteiger partial charge is 0.119 e. The minimum atomic E-state index is 0.164. The van der Waals surface area contributed by atoms with Crippen LogP contribution in [0.25, 0.3) is 0 Å². The number of ether oxygens (including phenoxy) is 1. The SMILES string of the molecule is CCC1(CC)CSc2cc(OC)ccc2C(c2ccccc2)N1. The van der Waals surface area contributed by atoms with Crippen molar-refractivity contribution in [3.8, 4) is 5.75 Å². The van der Waals surface area contributed by atoms with Crippen molar-refractivity contribution in [3.05, 3.63) is 59.7 Å². The quantitative estimate of drug-likeness (QED) is 0.850. The van der Waals surface area contributed by atoms with Crippen molar-refractivity contribution in [2.45, 2.75) is 43.2 Å². The molecular formula is C20H25NOS. The van der Waals surface area contributed by atoms with E-state index in [1.165, 1.54) is 16.0 Å². The molecule has 2 nitrogen and oxygen atoms in total. The molecule has 1 unspecified atom stereocenters. The number of hydrogen-bond acceptors (Lipinski definition) is 3. The molecule has 3 heteroatoms. The molecule has 3 rings (SSSR count). The monoisotopic (exact) mass is 327 g/mol. The lowest BCUT2D eigenvalue weighted by Crippen LogP contribution is -2.47. The van der Waals surface area contributed by atoms with Gasteiger partial charge in [0.05, 0.1) is 13.2 Å². The fourth-order valence-corrected chi connectivity index (χ4v) is 4.69. The van der Waals surface area contributed by atoms with Crippen LogP contribution < -0.4 is 10.1 Å². The summed E-state index contributed by atoms with van der Waals surface area (Å²) in [6.07, 6.45) is 2.26. The molecule has 0 saturated heterocycles. The van der Waals surface area contributed by atoms with Crippen molar-refractivity contribution in [2.24, 2.45) is 0 Å². The first kappa shape index (κ1) is 16.4. The van der Waals surface area contributed by atoms with Crippen molar-refractivity contribution < 1.29 is 4.74 Å². The lowest BCUT2D eigenvalue weighted by atomic mass is 9.90. The highest BCUT2D eigenvalue weighted by molar-refractivity contribution is 7.99. The number of methoxy groups -OCH3 is 1. The Morgan fingerprint density at radius 2 is 1.87 bits per heavy atom. The Morgan fingerprint density at radius 1 is 1.13 bits per heavy atom. The summed E-state index contributed by atoms with van der Waals surface area (Å²) in [5, 5.41) is 3.98. The average Bonchev–Trinajstić information content (AvgIpc) is 2.79. The lowest BCUT2D eigenvalue weighted by molar-refractivity contribution is 0.316. The molecule has 0 fully saturated rings. The van der Waals surface area contributed by atoms with Gasteiger partial charge in [0.25, 0.3) is 0 Å². The van der Waals surface area contributed by atoms with Crippen LogP contribution in [-0.2, 0) is 0 Å². The molecule has 1 atom stereocenters. The highest BCUT2D eigenvalue weighted by atomic mass is 32.2. The van der Waals surface area contributed by atoms with Gasteiger partial charge in [-0.3, -0.25) is 5.32 Å². The van der Waals surface area contributed by atoms with Crippen LogP contribution in [0.1, 0.15) is 43.9 Å². The van der Waals surface area contributed by atoms with E-state index < -0.39 is 0 Å². The van der Waals surface area contributed by atoms with Crippen molar-refractivity contribution >= 4 is 11.8 Å². The van der Waals surface area contributed by atoms with Gasteiger partial charge in [0.1, 0.15) is 5.75 Å². The summed E-state index contributed by atoms with van der Waals surface area (Å²) in [6.45, 7) is 4.57. The van der Waals surface area contributed by atoms with Crippen LogP contribution in [-0.4, -0.2) is 18.4 Å². The second-order valence-electron chi connectivity index (χ2n) is 6.17. The zero-order valence-electron chi connectivity index (χ0n) is 14.1. The molecule has 1 heterocycles. The molecule has 0 saturated carbocycles. The lowest BCUT2D eigenvalue weighted by Gasteiger charge is -2.35. The third-order valence-electron chi connectivity index (χ3n) is 4.97. The van der Waals surface area contributed by atoms with Crippen molar-refractivity contribution in [3.63, 3.8) is 0 Å². The Morgan fingerprint density at radius 3 is 2.52 bits per heavy atom. The summed E-state index contributed by atoms with van der Waals surface area (Å²) in [6, 6.07) is 17.5. The third-order valence-corrected chi connectivity index (χ3v) is 6.33. The first-order valence-electron chi connectivity index (χ1n) is 8.34. The van der Waals surface area contributed by atoms with Gasteiger partial charge < -0.3 is 4.74 Å². The maximum Gasteiger partial charge on any atom is 0.119 e. The third kappa shape index (κ3) is 3.26. The maximum atomic E-state index is 5.43. The summed E-state index contributed by atoms with van der Waals surface area (Å²) < 4.78 is 5.43. The predicted molar refractivity (Wildman–Crippen MR) is 98.5 cm³/mol. The Balaban J connectivity index is 2.09. The molecule has 1 aliphatic heterocycles. The average molecular weight is 327 g/mol. The number of thioether (sulfide) groups is 1. The number of hydrogen-bond donors (Lipinski definition) is 1. The highest BCUT2D eigenvalue weighted by Crippen LogP contribution is 2.41. The van der Waals surface area contributed by atoms with Crippen LogP contribution in [0.5, 0.6) is 5.75 Å². The summed E-state index contributed by atoms with van der Waals surface area (Å²) in [7, 11) is 1.73. The Labute approximate surface area is 143 Å².